The summed E-state index contributed by atoms with van der Waals surface area (Å²) in [6, 6.07) is 8.05. The van der Waals surface area contributed by atoms with E-state index in [9.17, 15) is 0 Å². The number of nitrogens with zero attached hydrogens (tertiary/aromatic N) is 2. The molecule has 0 spiro atoms. The van der Waals surface area contributed by atoms with Gasteiger partial charge in [0.2, 0.25) is 6.33 Å². The number of aromatic nitrogens is 2. The van der Waals surface area contributed by atoms with E-state index in [1.54, 1.807) is 0 Å². The number of allylic oxidation sites excluding steroid dienone is 2. The first-order valence-corrected chi connectivity index (χ1v) is 9.10. The summed E-state index contributed by atoms with van der Waals surface area (Å²) in [5.74, 6) is 0. The van der Waals surface area contributed by atoms with Crippen LogP contribution in [-0.2, 0) is 19.5 Å². The first-order chi connectivity index (χ1) is 11.3. The van der Waals surface area contributed by atoms with Crippen molar-refractivity contribution in [3.8, 4) is 0 Å². The minimum atomic E-state index is 0. The first-order valence-electron chi connectivity index (χ1n) is 8.72. The van der Waals surface area contributed by atoms with Crippen LogP contribution in [0.1, 0.15) is 44.6 Å². The smallest absolute Gasteiger partial charge is 0.244 e. The van der Waals surface area contributed by atoms with Crippen LogP contribution in [0.5, 0.6) is 0 Å². The van der Waals surface area contributed by atoms with E-state index in [4.69, 9.17) is 11.6 Å². The molecule has 0 radical (unpaired) electrons. The summed E-state index contributed by atoms with van der Waals surface area (Å²) < 4.78 is 4.52. The van der Waals surface area contributed by atoms with E-state index in [-0.39, 0.29) is 12.4 Å². The van der Waals surface area contributed by atoms with Gasteiger partial charge in [-0.05, 0) is 43.0 Å². The van der Waals surface area contributed by atoms with Crippen molar-refractivity contribution in [2.45, 2.75) is 58.5 Å². The van der Waals surface area contributed by atoms with E-state index in [1.165, 1.54) is 37.7 Å². The Kier molecular flexibility index (Phi) is 10.5. The minimum absolute atomic E-state index is 0. The fourth-order valence-corrected chi connectivity index (χ4v) is 2.74. The largest absolute Gasteiger partial charge is 1.00 e. The highest BCUT2D eigenvalue weighted by molar-refractivity contribution is 6.30. The third-order valence-corrected chi connectivity index (χ3v) is 4.27. The van der Waals surface area contributed by atoms with Crippen molar-refractivity contribution in [1.82, 2.24) is 4.57 Å². The average Bonchev–Trinajstić information content (AvgIpc) is 3.01. The van der Waals surface area contributed by atoms with Crippen LogP contribution >= 0.6 is 11.6 Å². The highest BCUT2D eigenvalue weighted by Gasteiger charge is 2.01. The lowest BCUT2D eigenvalue weighted by Crippen LogP contribution is -3.00. The molecule has 0 fully saturated rings. The maximum absolute atomic E-state index is 5.89. The topological polar surface area (TPSA) is 8.81 Å². The van der Waals surface area contributed by atoms with Gasteiger partial charge in [-0.15, -0.1) is 0 Å². The van der Waals surface area contributed by atoms with Crippen molar-refractivity contribution < 1.29 is 17.0 Å². The van der Waals surface area contributed by atoms with Gasteiger partial charge in [0.05, 0.1) is 6.54 Å². The third-order valence-electron chi connectivity index (χ3n) is 4.02. The van der Waals surface area contributed by atoms with Gasteiger partial charge >= 0.3 is 0 Å². The molecule has 2 aromatic rings. The van der Waals surface area contributed by atoms with E-state index in [2.05, 4.69) is 59.1 Å². The van der Waals surface area contributed by atoms with Crippen LogP contribution in [0.3, 0.4) is 0 Å². The summed E-state index contributed by atoms with van der Waals surface area (Å²) in [4.78, 5) is 0. The van der Waals surface area contributed by atoms with Gasteiger partial charge in [-0.25, -0.2) is 9.13 Å². The molecule has 2 rings (SSSR count). The van der Waals surface area contributed by atoms with Crippen molar-refractivity contribution >= 4 is 11.6 Å². The summed E-state index contributed by atoms with van der Waals surface area (Å²) in [5, 5.41) is 0.796. The molecule has 2 nitrogen and oxygen atoms in total. The van der Waals surface area contributed by atoms with E-state index >= 15 is 0 Å². The molecule has 132 valence electrons. The lowest BCUT2D eigenvalue weighted by Gasteiger charge is -1.97. The number of hydrogen-bond acceptors (Lipinski definition) is 0. The molecule has 24 heavy (non-hydrogen) atoms. The molecule has 0 amide bonds. The van der Waals surface area contributed by atoms with E-state index in [1.807, 2.05) is 12.1 Å². The zero-order valence-electron chi connectivity index (χ0n) is 14.5. The molecular formula is C20H28Cl2N2. The van der Waals surface area contributed by atoms with Gasteiger partial charge in [0.1, 0.15) is 18.9 Å². The van der Waals surface area contributed by atoms with E-state index in [0.717, 1.165) is 24.5 Å². The van der Waals surface area contributed by atoms with Gasteiger partial charge < -0.3 is 12.4 Å². The van der Waals surface area contributed by atoms with E-state index < -0.39 is 0 Å². The monoisotopic (exact) mass is 366 g/mol. The van der Waals surface area contributed by atoms with E-state index in [0.29, 0.717) is 0 Å². The molecule has 0 unspecified atom stereocenters. The Hall–Kier alpha value is -1.25. The number of unbranched alkanes of at least 4 members (excludes halogenated alkanes) is 4. The van der Waals surface area contributed by atoms with Gasteiger partial charge in [0.25, 0.3) is 0 Å². The van der Waals surface area contributed by atoms with Gasteiger partial charge in [-0.1, -0.05) is 56.0 Å². The number of rotatable bonds is 10. The molecule has 0 saturated heterocycles. The molecule has 0 aliphatic carbocycles. The van der Waals surface area contributed by atoms with Crippen LogP contribution in [0.25, 0.3) is 0 Å². The summed E-state index contributed by atoms with van der Waals surface area (Å²) in [7, 11) is 0. The summed E-state index contributed by atoms with van der Waals surface area (Å²) in [5.41, 5.74) is 1.29. The summed E-state index contributed by atoms with van der Waals surface area (Å²) >= 11 is 5.89. The number of imidazole rings is 1. The molecule has 0 bridgehead atoms. The molecular weight excluding hydrogens is 339 g/mol. The Morgan fingerprint density at radius 2 is 1.79 bits per heavy atom. The van der Waals surface area contributed by atoms with Crippen LogP contribution in [0.15, 0.2) is 55.1 Å². The van der Waals surface area contributed by atoms with Crippen molar-refractivity contribution in [2.75, 3.05) is 0 Å². The molecule has 0 aliphatic heterocycles. The zero-order chi connectivity index (χ0) is 16.3. The van der Waals surface area contributed by atoms with Crippen molar-refractivity contribution in [3.05, 3.63) is 65.7 Å². The Bertz CT molecular complexity index is 588. The van der Waals surface area contributed by atoms with Crippen molar-refractivity contribution in [3.63, 3.8) is 0 Å². The fraction of sp³-hybridized carbons (Fsp3) is 0.450. The summed E-state index contributed by atoms with van der Waals surface area (Å²) in [6.07, 6.45) is 18.6. The first kappa shape index (κ1) is 20.8. The molecule has 4 heteroatoms. The molecule has 0 saturated carbocycles. The lowest BCUT2D eigenvalue weighted by atomic mass is 10.1. The number of aryl methyl sites for hydroxylation is 1. The molecule has 0 N–H and O–H groups in total. The van der Waals surface area contributed by atoms with Crippen LogP contribution < -0.4 is 17.0 Å². The SMILES string of the molecule is CCCCCCCn1cc[n+](C/C=C/Cc2ccc(Cl)cc2)c1.[Cl-]. The Labute approximate surface area is 157 Å². The van der Waals surface area contributed by atoms with Gasteiger partial charge in [0, 0.05) is 5.02 Å². The highest BCUT2D eigenvalue weighted by atomic mass is 35.5. The van der Waals surface area contributed by atoms with Gasteiger partial charge in [-0.3, -0.25) is 0 Å². The van der Waals surface area contributed by atoms with Crippen LogP contribution in [0, 0.1) is 0 Å². The van der Waals surface area contributed by atoms with Crippen LogP contribution in [0.2, 0.25) is 5.02 Å². The standard InChI is InChI=1S/C20H28ClN2.ClH/c1-2-3-4-5-7-14-22-16-17-23(18-22)15-8-6-9-19-10-12-20(21)13-11-19;/h6,8,10-13,16-18H,2-5,7,9,14-15H2,1H3;1H/q+1;/p-1/b8-6+;. The average molecular weight is 367 g/mol. The predicted molar refractivity (Wildman–Crippen MR) is 97.7 cm³/mol. The third kappa shape index (κ3) is 8.03. The highest BCUT2D eigenvalue weighted by Crippen LogP contribution is 2.10. The Morgan fingerprint density at radius 1 is 1.04 bits per heavy atom. The second-order valence-corrected chi connectivity index (χ2v) is 6.50. The van der Waals surface area contributed by atoms with Crippen molar-refractivity contribution in [1.29, 1.82) is 0 Å². The van der Waals surface area contributed by atoms with Crippen LogP contribution in [-0.4, -0.2) is 4.57 Å². The van der Waals surface area contributed by atoms with Gasteiger partial charge in [-0.2, -0.15) is 0 Å². The molecule has 1 aromatic heterocycles. The maximum Gasteiger partial charge on any atom is 0.244 e. The number of hydrogen-bond donors (Lipinski definition) is 0. The molecule has 1 heterocycles. The molecule has 1 aromatic carbocycles. The molecule has 0 aliphatic rings. The van der Waals surface area contributed by atoms with Crippen molar-refractivity contribution in [2.24, 2.45) is 0 Å². The van der Waals surface area contributed by atoms with Gasteiger partial charge in [0.15, 0.2) is 0 Å². The molecule has 0 atom stereocenters. The Morgan fingerprint density at radius 3 is 2.54 bits per heavy atom. The second kappa shape index (κ2) is 12.2. The maximum atomic E-state index is 5.89. The quantitative estimate of drug-likeness (QED) is 0.346. The minimum Gasteiger partial charge on any atom is -1.00 e. The number of benzene rings is 1. The van der Waals surface area contributed by atoms with Crippen LogP contribution in [0.4, 0.5) is 0 Å². The second-order valence-electron chi connectivity index (χ2n) is 6.06. The fourth-order valence-electron chi connectivity index (χ4n) is 2.61. The predicted octanol–water partition coefficient (Wildman–Crippen LogP) is 2.20. The Balaban J connectivity index is 0.00000288. The normalized spacial score (nSPS) is 10.9. The lowest BCUT2D eigenvalue weighted by molar-refractivity contribution is -0.686. The number of halogens is 2. The zero-order valence-corrected chi connectivity index (χ0v) is 16.0. The summed E-state index contributed by atoms with van der Waals surface area (Å²) in [6.45, 7) is 4.32.